The summed E-state index contributed by atoms with van der Waals surface area (Å²) in [5.74, 6) is 2.77. The van der Waals surface area contributed by atoms with Crippen molar-refractivity contribution < 1.29 is 38.3 Å². The third-order valence-corrected chi connectivity index (χ3v) is 10.4. The van der Waals surface area contributed by atoms with Crippen LogP contribution in [0.2, 0.25) is 0 Å². The van der Waals surface area contributed by atoms with Crippen molar-refractivity contribution in [3.05, 3.63) is 105 Å². The fourth-order valence-electron chi connectivity index (χ4n) is 8.29. The number of benzene rings is 4. The van der Waals surface area contributed by atoms with Gasteiger partial charge in [0.15, 0.2) is 23.0 Å². The van der Waals surface area contributed by atoms with Crippen LogP contribution in [-0.2, 0) is 35.6 Å². The molecular formula is C40H44N2O8. The molecular weight excluding hydrogens is 636 g/mol. The van der Waals surface area contributed by atoms with Gasteiger partial charge < -0.3 is 38.4 Å². The number of phenolic OH excluding ortho intramolecular Hbond substituents is 1. The second kappa shape index (κ2) is 13.8. The van der Waals surface area contributed by atoms with Crippen molar-refractivity contribution in [1.29, 1.82) is 0 Å². The second-order valence-corrected chi connectivity index (χ2v) is 13.1. The van der Waals surface area contributed by atoms with Crippen LogP contribution in [-0.4, -0.2) is 63.0 Å². The number of rotatable bonds is 11. The molecule has 0 aromatic heterocycles. The van der Waals surface area contributed by atoms with Crippen molar-refractivity contribution in [2.75, 3.05) is 35.0 Å². The lowest BCUT2D eigenvalue weighted by Gasteiger charge is -2.54. The van der Waals surface area contributed by atoms with E-state index in [-0.39, 0.29) is 18.3 Å². The van der Waals surface area contributed by atoms with Gasteiger partial charge in [0.2, 0.25) is 5.91 Å². The first kappa shape index (κ1) is 33.6. The normalized spacial score (nSPS) is 20.4. The maximum Gasteiger partial charge on any atom is 0.240 e. The number of fused-ring (bicyclic) bond motifs is 7. The van der Waals surface area contributed by atoms with Crippen LogP contribution in [0.15, 0.2) is 60.7 Å². The first-order valence-corrected chi connectivity index (χ1v) is 16.9. The molecule has 10 nitrogen and oxygen atoms in total. The van der Waals surface area contributed by atoms with Gasteiger partial charge in [-0.3, -0.25) is 10.1 Å². The van der Waals surface area contributed by atoms with E-state index in [1.54, 1.807) is 28.4 Å². The van der Waals surface area contributed by atoms with Crippen LogP contribution in [0.1, 0.15) is 56.6 Å². The summed E-state index contributed by atoms with van der Waals surface area (Å²) in [4.78, 5) is 16.7. The average Bonchev–Trinajstić information content (AvgIpc) is 3.13. The molecule has 4 atom stereocenters. The van der Waals surface area contributed by atoms with Crippen molar-refractivity contribution in [3.8, 4) is 34.5 Å². The molecule has 3 aliphatic rings. The van der Waals surface area contributed by atoms with Gasteiger partial charge in [0, 0.05) is 39.8 Å². The molecule has 2 bridgehead atoms. The summed E-state index contributed by atoms with van der Waals surface area (Å²) in [5, 5.41) is 15.3. The van der Waals surface area contributed by atoms with Crippen LogP contribution in [0.4, 0.5) is 0 Å². The van der Waals surface area contributed by atoms with E-state index in [4.69, 9.17) is 28.4 Å². The zero-order valence-electron chi connectivity index (χ0n) is 29.4. The number of piperazine rings is 1. The van der Waals surface area contributed by atoms with E-state index in [0.29, 0.717) is 65.9 Å². The van der Waals surface area contributed by atoms with Crippen molar-refractivity contribution in [2.24, 2.45) is 0 Å². The van der Waals surface area contributed by atoms with E-state index in [2.05, 4.69) is 5.32 Å². The van der Waals surface area contributed by atoms with Gasteiger partial charge in [-0.2, -0.15) is 0 Å². The monoisotopic (exact) mass is 680 g/mol. The van der Waals surface area contributed by atoms with E-state index in [9.17, 15) is 9.90 Å². The highest BCUT2D eigenvalue weighted by molar-refractivity contribution is 5.87. The summed E-state index contributed by atoms with van der Waals surface area (Å²) in [7, 11) is 6.43. The highest BCUT2D eigenvalue weighted by Crippen LogP contribution is 2.56. The van der Waals surface area contributed by atoms with Gasteiger partial charge in [0.25, 0.3) is 0 Å². The topological polar surface area (TPSA) is 108 Å². The van der Waals surface area contributed by atoms with E-state index >= 15 is 0 Å². The zero-order chi connectivity index (χ0) is 35.1. The first-order chi connectivity index (χ1) is 24.3. The summed E-state index contributed by atoms with van der Waals surface area (Å²) >= 11 is 0. The Labute approximate surface area is 292 Å². The van der Waals surface area contributed by atoms with Crippen molar-refractivity contribution in [3.63, 3.8) is 0 Å². The Kier molecular flexibility index (Phi) is 9.24. The minimum absolute atomic E-state index is 0.0542. The minimum atomic E-state index is -0.556. The highest BCUT2D eigenvalue weighted by atomic mass is 16.5. The maximum atomic E-state index is 14.8. The van der Waals surface area contributed by atoms with E-state index < -0.39 is 24.2 Å². The van der Waals surface area contributed by atoms with Crippen molar-refractivity contribution >= 4 is 5.91 Å². The second-order valence-electron chi connectivity index (χ2n) is 13.1. The molecule has 0 aliphatic carbocycles. The summed E-state index contributed by atoms with van der Waals surface area (Å²) < 4.78 is 36.9. The molecule has 0 unspecified atom stereocenters. The Balaban J connectivity index is 1.41. The molecule has 1 fully saturated rings. The Morgan fingerprint density at radius 1 is 0.720 bits per heavy atom. The number of hydrogen-bond acceptors (Lipinski definition) is 9. The Morgan fingerprint density at radius 2 is 1.28 bits per heavy atom. The van der Waals surface area contributed by atoms with Gasteiger partial charge in [-0.05, 0) is 31.4 Å². The van der Waals surface area contributed by atoms with E-state index in [1.165, 1.54) is 0 Å². The van der Waals surface area contributed by atoms with Gasteiger partial charge in [0.1, 0.15) is 18.1 Å². The molecule has 262 valence electrons. The minimum Gasteiger partial charge on any atom is -0.504 e. The van der Waals surface area contributed by atoms with E-state index in [1.807, 2.05) is 79.4 Å². The molecule has 3 heterocycles. The van der Waals surface area contributed by atoms with Gasteiger partial charge in [0.05, 0.1) is 65.8 Å². The lowest BCUT2D eigenvalue weighted by Crippen LogP contribution is -2.66. The number of nitrogens with one attached hydrogen (secondary N) is 1. The highest BCUT2D eigenvalue weighted by Gasteiger charge is 2.54. The van der Waals surface area contributed by atoms with Crippen LogP contribution >= 0.6 is 0 Å². The summed E-state index contributed by atoms with van der Waals surface area (Å²) in [6.07, 6.45) is 0.769. The molecule has 50 heavy (non-hydrogen) atoms. The fourth-order valence-corrected chi connectivity index (χ4v) is 8.29. The lowest BCUT2D eigenvalue weighted by atomic mass is 9.74. The number of phenols is 1. The number of nitrogens with zero attached hydrogens (tertiary/aromatic N) is 1. The Morgan fingerprint density at radius 3 is 1.88 bits per heavy atom. The third kappa shape index (κ3) is 5.47. The molecule has 3 aliphatic heterocycles. The van der Waals surface area contributed by atoms with Crippen LogP contribution in [0, 0.1) is 13.8 Å². The molecule has 0 radical (unpaired) electrons. The predicted molar refractivity (Wildman–Crippen MR) is 188 cm³/mol. The van der Waals surface area contributed by atoms with Crippen LogP contribution < -0.4 is 29.0 Å². The summed E-state index contributed by atoms with van der Waals surface area (Å²) in [5.41, 5.74) is 6.74. The number of aromatic hydroxyl groups is 1. The molecule has 2 N–H and O–H groups in total. The molecule has 7 rings (SSSR count). The molecule has 1 amide bonds. The maximum absolute atomic E-state index is 14.8. The van der Waals surface area contributed by atoms with Crippen LogP contribution in [0.3, 0.4) is 0 Å². The average molecular weight is 681 g/mol. The summed E-state index contributed by atoms with van der Waals surface area (Å²) in [6, 6.07) is 18.0. The van der Waals surface area contributed by atoms with Gasteiger partial charge in [-0.25, -0.2) is 0 Å². The largest absolute Gasteiger partial charge is 0.504 e. The zero-order valence-corrected chi connectivity index (χ0v) is 29.4. The molecule has 0 saturated carbocycles. The van der Waals surface area contributed by atoms with Gasteiger partial charge in [-0.1, -0.05) is 60.7 Å². The lowest BCUT2D eigenvalue weighted by molar-refractivity contribution is -0.148. The number of methoxy groups -OCH3 is 4. The molecule has 4 aromatic rings. The standard InChI is InChI=1S/C40H44N2O8/c1-22-35(45-3)26-17-28-40(44)42-29(33(41-28)32(26)34(43)37(22)47-5)18-27-31(30(42)21-49-19-24-13-9-7-10-14-24)39(38(48-6)23(2)36(27)46-4)50-20-25-15-11-8-12-16-25/h7-16,28-30,33,41,43H,17-21H2,1-6H3/t28-,29-,30-,33-/m0/s1. The number of carbonyl (C=O) groups is 1. The number of carbonyl (C=O) groups excluding carboxylic acids is 1. The van der Waals surface area contributed by atoms with Gasteiger partial charge in [-0.15, -0.1) is 0 Å². The SMILES string of the molecule is COc1c(C)c(OC)c2c(c1O)[C@H]1N[C@@H](C2)C(=O)N2[C@@H](COCc3ccccc3)c3c(c(OC)c(C)c(OC)c3OCc3ccccc3)C[C@@H]12. The molecule has 10 heteroatoms. The Bertz CT molecular complexity index is 1900. The first-order valence-electron chi connectivity index (χ1n) is 16.9. The van der Waals surface area contributed by atoms with Crippen molar-refractivity contribution in [2.45, 2.75) is 64.1 Å². The van der Waals surface area contributed by atoms with Crippen LogP contribution in [0.25, 0.3) is 0 Å². The fraction of sp³-hybridized carbons (Fsp3) is 0.375. The third-order valence-electron chi connectivity index (χ3n) is 10.4. The Hall–Kier alpha value is -4.93. The molecule has 0 spiro atoms. The molecule has 1 saturated heterocycles. The van der Waals surface area contributed by atoms with Crippen LogP contribution in [0.5, 0.6) is 34.5 Å². The number of hydrogen-bond donors (Lipinski definition) is 2. The smallest absolute Gasteiger partial charge is 0.240 e. The van der Waals surface area contributed by atoms with Gasteiger partial charge >= 0.3 is 0 Å². The quantitative estimate of drug-likeness (QED) is 0.200. The molecule has 4 aromatic carbocycles. The number of amides is 1. The predicted octanol–water partition coefficient (Wildman–Crippen LogP) is 5.90. The van der Waals surface area contributed by atoms with Crippen molar-refractivity contribution in [1.82, 2.24) is 10.2 Å². The number of ether oxygens (including phenoxy) is 6. The van der Waals surface area contributed by atoms with E-state index in [0.717, 1.165) is 33.4 Å². The summed E-state index contributed by atoms with van der Waals surface area (Å²) in [6.45, 7) is 4.68.